The lowest BCUT2D eigenvalue weighted by Crippen LogP contribution is -2.34. The van der Waals surface area contributed by atoms with Crippen LogP contribution in [-0.4, -0.2) is 19.0 Å². The number of hydrogen-bond acceptors (Lipinski definition) is 5. The van der Waals surface area contributed by atoms with Gasteiger partial charge in [0, 0.05) is 22.3 Å². The molecule has 0 radical (unpaired) electrons. The lowest BCUT2D eigenvalue weighted by molar-refractivity contribution is 0.256. The van der Waals surface area contributed by atoms with E-state index in [0.29, 0.717) is 15.8 Å². The summed E-state index contributed by atoms with van der Waals surface area (Å²) in [5.41, 5.74) is -0.535. The van der Waals surface area contributed by atoms with E-state index in [1.165, 1.54) is 36.5 Å². The van der Waals surface area contributed by atoms with Gasteiger partial charge in [0.1, 0.15) is 10.0 Å². The van der Waals surface area contributed by atoms with Gasteiger partial charge in [0.2, 0.25) is 0 Å². The number of urea groups is 1. The molecule has 164 valence electrons. The van der Waals surface area contributed by atoms with Gasteiger partial charge in [0.15, 0.2) is 0 Å². The first-order valence-electron chi connectivity index (χ1n) is 8.84. The molecule has 0 unspecified atom stereocenters. The molecule has 0 saturated carbocycles. The predicted molar refractivity (Wildman–Crippen MR) is 123 cm³/mol. The molecule has 12 heteroatoms. The summed E-state index contributed by atoms with van der Waals surface area (Å²) in [7, 11) is -4.13. The van der Waals surface area contributed by atoms with Gasteiger partial charge < -0.3 is 5.32 Å². The number of carbonyl (C=O) groups excluding carboxylic acids is 1. The lowest BCUT2D eigenvalue weighted by atomic mass is 10.1. The van der Waals surface area contributed by atoms with Crippen LogP contribution in [0.1, 0.15) is 0 Å². The van der Waals surface area contributed by atoms with Crippen LogP contribution in [0.5, 0.6) is 0 Å². The molecule has 0 saturated heterocycles. The number of carbonyl (C=O) groups is 1. The number of pyridine rings is 1. The number of sulfonamides is 1. The third-order valence-electron chi connectivity index (χ3n) is 4.37. The van der Waals surface area contributed by atoms with Gasteiger partial charge >= 0.3 is 6.03 Å². The van der Waals surface area contributed by atoms with Gasteiger partial charge in [-0.3, -0.25) is 9.36 Å². The van der Waals surface area contributed by atoms with Crippen molar-refractivity contribution in [1.29, 1.82) is 0 Å². The van der Waals surface area contributed by atoms with Crippen LogP contribution in [0, 0.1) is 5.82 Å². The number of nitrogens with one attached hydrogen (secondary N) is 2. The first-order chi connectivity index (χ1) is 15.1. The summed E-state index contributed by atoms with van der Waals surface area (Å²) in [5.74, 6) is -0.806. The standard InChI is InChI=1S/C20H12Cl2FN3O4S2/c21-12-2-1-11-7-8-26(19(27)14(11)9-12)16-4-3-13(10-15(16)23)24-20(28)25-32(29,30)18-6-5-17(22)31-18/h1-10H,(H2,24,25,28). The van der Waals surface area contributed by atoms with Crippen molar-refractivity contribution in [3.05, 3.63) is 86.3 Å². The average molecular weight is 512 g/mol. The zero-order valence-corrected chi connectivity index (χ0v) is 18.9. The fourth-order valence-electron chi connectivity index (χ4n) is 2.95. The van der Waals surface area contributed by atoms with Crippen LogP contribution < -0.4 is 15.6 Å². The van der Waals surface area contributed by atoms with E-state index in [4.69, 9.17) is 23.2 Å². The molecule has 2 aromatic heterocycles. The Hall–Kier alpha value is -2.92. The molecule has 2 amide bonds. The van der Waals surface area contributed by atoms with Crippen molar-refractivity contribution >= 4 is 67.1 Å². The molecule has 0 bridgehead atoms. The number of aromatic nitrogens is 1. The Kier molecular flexibility index (Phi) is 5.95. The van der Waals surface area contributed by atoms with Crippen LogP contribution in [0.4, 0.5) is 14.9 Å². The molecule has 32 heavy (non-hydrogen) atoms. The van der Waals surface area contributed by atoms with E-state index in [0.717, 1.165) is 22.0 Å². The second-order valence-electron chi connectivity index (χ2n) is 6.51. The van der Waals surface area contributed by atoms with Crippen molar-refractivity contribution in [2.45, 2.75) is 4.21 Å². The van der Waals surface area contributed by atoms with Crippen molar-refractivity contribution in [1.82, 2.24) is 9.29 Å². The van der Waals surface area contributed by atoms with Gasteiger partial charge in [-0.15, -0.1) is 11.3 Å². The maximum atomic E-state index is 14.8. The van der Waals surface area contributed by atoms with Crippen LogP contribution in [-0.2, 0) is 10.0 Å². The lowest BCUT2D eigenvalue weighted by Gasteiger charge is -2.11. The van der Waals surface area contributed by atoms with Gasteiger partial charge in [-0.05, 0) is 53.9 Å². The summed E-state index contributed by atoms with van der Waals surface area (Å²) in [6, 6.07) is 11.6. The van der Waals surface area contributed by atoms with Gasteiger partial charge in [-0.2, -0.15) is 0 Å². The highest BCUT2D eigenvalue weighted by atomic mass is 35.5. The van der Waals surface area contributed by atoms with Crippen LogP contribution in [0.2, 0.25) is 9.36 Å². The summed E-state index contributed by atoms with van der Waals surface area (Å²) in [4.78, 5) is 24.9. The number of amides is 2. The van der Waals surface area contributed by atoms with Gasteiger partial charge in [0.25, 0.3) is 15.6 Å². The quantitative estimate of drug-likeness (QED) is 0.402. The molecule has 4 rings (SSSR count). The minimum absolute atomic E-state index is 0.0138. The third-order valence-corrected chi connectivity index (χ3v) is 7.66. The fraction of sp³-hybridized carbons (Fsp3) is 0. The Morgan fingerprint density at radius 3 is 2.50 bits per heavy atom. The molecular formula is C20H12Cl2FN3O4S2. The summed E-state index contributed by atoms with van der Waals surface area (Å²) >= 11 is 12.5. The zero-order chi connectivity index (χ0) is 23.0. The Bertz CT molecular complexity index is 1530. The third kappa shape index (κ3) is 4.49. The van der Waals surface area contributed by atoms with Crippen LogP contribution in [0.15, 0.2) is 69.8 Å². The second-order valence-corrected chi connectivity index (χ2v) is 10.6. The van der Waals surface area contributed by atoms with Crippen molar-refractivity contribution in [3.63, 3.8) is 0 Å². The van der Waals surface area contributed by atoms with Crippen molar-refractivity contribution in [2.75, 3.05) is 5.32 Å². The van der Waals surface area contributed by atoms with E-state index in [9.17, 15) is 22.4 Å². The van der Waals surface area contributed by atoms with E-state index in [1.54, 1.807) is 18.2 Å². The molecule has 2 heterocycles. The van der Waals surface area contributed by atoms with Crippen molar-refractivity contribution in [3.8, 4) is 5.69 Å². The summed E-state index contributed by atoms with van der Waals surface area (Å²) in [6.07, 6.45) is 1.43. The number of benzene rings is 2. The van der Waals surface area contributed by atoms with Crippen LogP contribution >= 0.6 is 34.5 Å². The Morgan fingerprint density at radius 1 is 1.03 bits per heavy atom. The summed E-state index contributed by atoms with van der Waals surface area (Å²) < 4.78 is 42.2. The Balaban J connectivity index is 1.58. The maximum Gasteiger partial charge on any atom is 0.333 e. The fourth-order valence-corrected chi connectivity index (χ4v) is 5.51. The molecule has 0 spiro atoms. The summed E-state index contributed by atoms with van der Waals surface area (Å²) in [6.45, 7) is 0. The largest absolute Gasteiger partial charge is 0.333 e. The minimum atomic E-state index is -4.13. The average Bonchev–Trinajstić information content (AvgIpc) is 3.16. The van der Waals surface area contributed by atoms with Crippen LogP contribution in [0.3, 0.4) is 0 Å². The number of fused-ring (bicyclic) bond motifs is 1. The van der Waals surface area contributed by atoms with E-state index in [1.807, 2.05) is 4.72 Å². The predicted octanol–water partition coefficient (Wildman–Crippen LogP) is 5.01. The maximum absolute atomic E-state index is 14.8. The number of hydrogen-bond donors (Lipinski definition) is 2. The zero-order valence-electron chi connectivity index (χ0n) is 15.8. The molecule has 0 fully saturated rings. The first kappa shape index (κ1) is 22.3. The molecule has 7 nitrogen and oxygen atoms in total. The molecular weight excluding hydrogens is 500 g/mol. The SMILES string of the molecule is O=C(Nc1ccc(-n2ccc3ccc(Cl)cc3c2=O)c(F)c1)NS(=O)(=O)c1ccc(Cl)s1. The summed E-state index contributed by atoms with van der Waals surface area (Å²) in [5, 5.41) is 3.59. The molecule has 0 aliphatic rings. The van der Waals surface area contributed by atoms with E-state index < -0.39 is 27.4 Å². The Labute approximate surface area is 195 Å². The van der Waals surface area contributed by atoms with E-state index >= 15 is 0 Å². The van der Waals surface area contributed by atoms with Gasteiger partial charge in [-0.25, -0.2) is 22.3 Å². The molecule has 2 N–H and O–H groups in total. The number of halogens is 3. The van der Waals surface area contributed by atoms with E-state index in [-0.39, 0.29) is 19.9 Å². The Morgan fingerprint density at radius 2 is 1.81 bits per heavy atom. The molecule has 0 aliphatic heterocycles. The second kappa shape index (κ2) is 8.55. The number of thiophene rings is 1. The first-order valence-corrected chi connectivity index (χ1v) is 11.9. The van der Waals surface area contributed by atoms with Gasteiger partial charge in [-0.1, -0.05) is 29.3 Å². The highest BCUT2D eigenvalue weighted by Crippen LogP contribution is 2.25. The smallest absolute Gasteiger partial charge is 0.307 e. The van der Waals surface area contributed by atoms with E-state index in [2.05, 4.69) is 5.32 Å². The van der Waals surface area contributed by atoms with Gasteiger partial charge in [0.05, 0.1) is 10.0 Å². The van der Waals surface area contributed by atoms with Crippen LogP contribution in [0.25, 0.3) is 16.5 Å². The molecule has 0 aliphatic carbocycles. The molecule has 4 aromatic rings. The molecule has 2 aromatic carbocycles. The highest BCUT2D eigenvalue weighted by molar-refractivity contribution is 7.92. The minimum Gasteiger partial charge on any atom is -0.307 e. The number of nitrogens with zero attached hydrogens (tertiary/aromatic N) is 1. The highest BCUT2D eigenvalue weighted by Gasteiger charge is 2.20. The number of anilines is 1. The monoisotopic (exact) mass is 511 g/mol. The number of rotatable bonds is 4. The van der Waals surface area contributed by atoms with Crippen molar-refractivity contribution in [2.24, 2.45) is 0 Å². The van der Waals surface area contributed by atoms with Crippen molar-refractivity contribution < 1.29 is 17.6 Å². The normalized spacial score (nSPS) is 11.5. The topological polar surface area (TPSA) is 97.3 Å². The molecule has 0 atom stereocenters.